The van der Waals surface area contributed by atoms with Crippen LogP contribution in [0, 0.1) is 11.6 Å². The van der Waals surface area contributed by atoms with E-state index in [0.717, 1.165) is 23.5 Å². The Kier molecular flexibility index (Phi) is 8.66. The highest BCUT2D eigenvalue weighted by atomic mass is 35.5. The maximum atomic E-state index is 14.4. The van der Waals surface area contributed by atoms with Gasteiger partial charge < -0.3 is 19.9 Å². The summed E-state index contributed by atoms with van der Waals surface area (Å²) in [6.07, 6.45) is -1.09. The lowest BCUT2D eigenvalue weighted by Crippen LogP contribution is -2.29. The van der Waals surface area contributed by atoms with E-state index in [1.807, 2.05) is 0 Å². The van der Waals surface area contributed by atoms with Crippen LogP contribution in [0.25, 0.3) is 0 Å². The van der Waals surface area contributed by atoms with Crippen LogP contribution in [0.1, 0.15) is 30.1 Å². The van der Waals surface area contributed by atoms with Gasteiger partial charge in [0.15, 0.2) is 21.4 Å². The van der Waals surface area contributed by atoms with Crippen molar-refractivity contribution in [1.82, 2.24) is 0 Å². The van der Waals surface area contributed by atoms with Gasteiger partial charge in [-0.25, -0.2) is 17.2 Å². The predicted octanol–water partition coefficient (Wildman–Crippen LogP) is 5.02. The number of rotatable bonds is 9. The van der Waals surface area contributed by atoms with Crippen molar-refractivity contribution in [3.8, 4) is 5.75 Å². The van der Waals surface area contributed by atoms with E-state index in [0.29, 0.717) is 37.7 Å². The van der Waals surface area contributed by atoms with Gasteiger partial charge in [0.1, 0.15) is 5.82 Å². The Morgan fingerprint density at radius 2 is 1.82 bits per heavy atom. The standard InChI is InChI=1S/C25H22ClF2NO7S2/c26-24-15(12-22(30)31)11-21(37-24)29-25(32)23(36-20-6-3-16(27)13-19(20)28)14-1-4-17(5-2-14)38(33,34)18-7-9-35-10-8-18/h1-6,11,13,18,23H,7-10,12H2,(H,29,32)(H,30,31). The Bertz CT molecular complexity index is 1440. The van der Waals surface area contributed by atoms with Crippen molar-refractivity contribution < 1.29 is 41.4 Å². The second kappa shape index (κ2) is 11.8. The number of carboxylic acid groups (broad SMARTS) is 1. The summed E-state index contributed by atoms with van der Waals surface area (Å²) >= 11 is 7.01. The second-order valence-corrected chi connectivity index (χ2v) is 12.4. The van der Waals surface area contributed by atoms with E-state index in [9.17, 15) is 26.8 Å². The number of sulfone groups is 1. The number of carboxylic acids is 1. The quantitative estimate of drug-likeness (QED) is 0.362. The largest absolute Gasteiger partial charge is 0.481 e. The summed E-state index contributed by atoms with van der Waals surface area (Å²) in [6, 6.07) is 9.46. The third-order valence-corrected chi connectivity index (χ3v) is 9.47. The van der Waals surface area contributed by atoms with E-state index in [1.54, 1.807) is 0 Å². The first-order valence-corrected chi connectivity index (χ1v) is 14.1. The Hall–Kier alpha value is -3.06. The van der Waals surface area contributed by atoms with Gasteiger partial charge in [0.25, 0.3) is 5.91 Å². The molecular weight excluding hydrogens is 564 g/mol. The smallest absolute Gasteiger partial charge is 0.307 e. The average molecular weight is 586 g/mol. The van der Waals surface area contributed by atoms with Crippen LogP contribution in [0.4, 0.5) is 13.8 Å². The molecule has 0 aliphatic carbocycles. The van der Waals surface area contributed by atoms with Crippen molar-refractivity contribution in [2.75, 3.05) is 18.5 Å². The van der Waals surface area contributed by atoms with Gasteiger partial charge in [-0.15, -0.1) is 11.3 Å². The number of hydrogen-bond acceptors (Lipinski definition) is 7. The third-order valence-electron chi connectivity index (χ3n) is 5.84. The number of nitrogens with one attached hydrogen (secondary N) is 1. The number of amides is 1. The molecular formula is C25H22ClF2NO7S2. The Morgan fingerprint density at radius 1 is 1.13 bits per heavy atom. The minimum Gasteiger partial charge on any atom is -0.481 e. The molecule has 1 saturated heterocycles. The molecule has 1 amide bonds. The number of anilines is 1. The summed E-state index contributed by atoms with van der Waals surface area (Å²) in [7, 11) is -3.64. The molecule has 1 fully saturated rings. The Morgan fingerprint density at radius 3 is 2.45 bits per heavy atom. The number of hydrogen-bond donors (Lipinski definition) is 2. The Balaban J connectivity index is 1.62. The summed E-state index contributed by atoms with van der Waals surface area (Å²) in [5, 5.41) is 11.2. The number of ether oxygens (including phenoxy) is 2. The summed E-state index contributed by atoms with van der Waals surface area (Å²) in [5.41, 5.74) is 0.495. The molecule has 2 heterocycles. The van der Waals surface area contributed by atoms with Crippen LogP contribution >= 0.6 is 22.9 Å². The fraction of sp³-hybridized carbons (Fsp3) is 0.280. The van der Waals surface area contributed by atoms with Gasteiger partial charge in [-0.05, 0) is 48.7 Å². The van der Waals surface area contributed by atoms with Gasteiger partial charge in [0.2, 0.25) is 6.10 Å². The van der Waals surface area contributed by atoms with Crippen LogP contribution in [0.15, 0.2) is 53.4 Å². The van der Waals surface area contributed by atoms with Gasteiger partial charge in [-0.3, -0.25) is 9.59 Å². The minimum atomic E-state index is -3.64. The molecule has 1 aliphatic rings. The van der Waals surface area contributed by atoms with E-state index in [1.165, 1.54) is 30.3 Å². The van der Waals surface area contributed by atoms with E-state index in [2.05, 4.69) is 5.32 Å². The monoisotopic (exact) mass is 585 g/mol. The third kappa shape index (κ3) is 6.49. The van der Waals surface area contributed by atoms with E-state index >= 15 is 0 Å². The van der Waals surface area contributed by atoms with Gasteiger partial charge >= 0.3 is 5.97 Å². The predicted molar refractivity (Wildman–Crippen MR) is 136 cm³/mol. The van der Waals surface area contributed by atoms with Crippen LogP contribution in [0.3, 0.4) is 0 Å². The summed E-state index contributed by atoms with van der Waals surface area (Å²) in [5.74, 6) is -4.15. The maximum Gasteiger partial charge on any atom is 0.307 e. The summed E-state index contributed by atoms with van der Waals surface area (Å²) < 4.78 is 64.8. The SMILES string of the molecule is O=C(O)Cc1cc(NC(=O)C(Oc2ccc(F)cc2F)c2ccc(S(=O)(=O)C3CCOCC3)cc2)sc1Cl. The molecule has 0 radical (unpaired) electrons. The molecule has 1 unspecified atom stereocenters. The molecule has 1 aliphatic heterocycles. The highest BCUT2D eigenvalue weighted by Gasteiger charge is 2.31. The van der Waals surface area contributed by atoms with E-state index < -0.39 is 50.5 Å². The highest BCUT2D eigenvalue weighted by molar-refractivity contribution is 7.92. The Labute approximate surface area is 226 Å². The van der Waals surface area contributed by atoms with Crippen LogP contribution in [0.5, 0.6) is 5.75 Å². The number of thiophene rings is 1. The fourth-order valence-electron chi connectivity index (χ4n) is 3.92. The first kappa shape index (κ1) is 28.0. The molecule has 1 aromatic heterocycles. The van der Waals surface area contributed by atoms with Crippen molar-refractivity contribution in [2.45, 2.75) is 35.5 Å². The molecule has 0 spiro atoms. The molecule has 38 heavy (non-hydrogen) atoms. The van der Waals surface area contributed by atoms with Crippen LogP contribution in [-0.2, 0) is 30.6 Å². The maximum absolute atomic E-state index is 14.4. The van der Waals surface area contributed by atoms with Gasteiger partial charge in [0.05, 0.1) is 25.9 Å². The molecule has 1 atom stereocenters. The minimum absolute atomic E-state index is 0.0589. The van der Waals surface area contributed by atoms with Crippen LogP contribution in [-0.4, -0.2) is 43.9 Å². The van der Waals surface area contributed by atoms with Crippen molar-refractivity contribution >= 4 is 49.7 Å². The number of carbonyl (C=O) groups is 2. The molecule has 0 bridgehead atoms. The van der Waals surface area contributed by atoms with Gasteiger partial charge in [-0.2, -0.15) is 0 Å². The molecule has 2 aromatic carbocycles. The lowest BCUT2D eigenvalue weighted by molar-refractivity contribution is -0.136. The summed E-state index contributed by atoms with van der Waals surface area (Å²) in [4.78, 5) is 24.3. The molecule has 13 heteroatoms. The van der Waals surface area contributed by atoms with E-state index in [4.69, 9.17) is 26.2 Å². The summed E-state index contributed by atoms with van der Waals surface area (Å²) in [6.45, 7) is 0.699. The topological polar surface area (TPSA) is 119 Å². The zero-order valence-electron chi connectivity index (χ0n) is 19.7. The number of carbonyl (C=O) groups excluding carboxylic acids is 1. The molecule has 3 aromatic rings. The van der Waals surface area contributed by atoms with Crippen LogP contribution in [0.2, 0.25) is 4.34 Å². The number of aliphatic carboxylic acids is 1. The highest BCUT2D eigenvalue weighted by Crippen LogP contribution is 2.34. The molecule has 202 valence electrons. The van der Waals surface area contributed by atoms with Crippen molar-refractivity contribution in [3.05, 3.63) is 75.6 Å². The normalized spacial score (nSPS) is 15.1. The first-order chi connectivity index (χ1) is 18.0. The van der Waals surface area contributed by atoms with Crippen molar-refractivity contribution in [2.24, 2.45) is 0 Å². The van der Waals surface area contributed by atoms with Gasteiger partial charge in [0, 0.05) is 24.8 Å². The molecule has 8 nitrogen and oxygen atoms in total. The average Bonchev–Trinajstić information content (AvgIpc) is 3.21. The zero-order chi connectivity index (χ0) is 27.4. The number of benzene rings is 2. The number of halogens is 3. The van der Waals surface area contributed by atoms with Gasteiger partial charge in [-0.1, -0.05) is 23.7 Å². The molecule has 4 rings (SSSR count). The lowest BCUT2D eigenvalue weighted by Gasteiger charge is -2.23. The lowest BCUT2D eigenvalue weighted by atomic mass is 10.1. The molecule has 0 saturated carbocycles. The van der Waals surface area contributed by atoms with Crippen molar-refractivity contribution in [1.29, 1.82) is 0 Å². The van der Waals surface area contributed by atoms with E-state index in [-0.39, 0.29) is 26.2 Å². The first-order valence-electron chi connectivity index (χ1n) is 11.4. The van der Waals surface area contributed by atoms with Crippen LogP contribution < -0.4 is 10.1 Å². The van der Waals surface area contributed by atoms with Crippen molar-refractivity contribution in [3.63, 3.8) is 0 Å². The molecule has 2 N–H and O–H groups in total. The zero-order valence-corrected chi connectivity index (χ0v) is 22.0. The second-order valence-electron chi connectivity index (χ2n) is 8.47. The fourth-order valence-corrected chi connectivity index (χ4v) is 6.81.